The van der Waals surface area contributed by atoms with Gasteiger partial charge in [-0.1, -0.05) is 42.0 Å². The second-order valence-electron chi connectivity index (χ2n) is 5.01. The van der Waals surface area contributed by atoms with Crippen molar-refractivity contribution < 1.29 is 13.5 Å². The predicted octanol–water partition coefficient (Wildman–Crippen LogP) is 2.27. The Morgan fingerprint density at radius 2 is 1.81 bits per heavy atom. The standard InChI is InChI=1S/C16H19NO3S/c1-12-5-3-6-14(9-12)10-17-21(19,20)16-8-4-7-15(11-18)13(16)2/h3-9,17-18H,10-11H2,1-2H3. The fourth-order valence-corrected chi connectivity index (χ4v) is 3.50. The lowest BCUT2D eigenvalue weighted by Crippen LogP contribution is -2.24. The van der Waals surface area contributed by atoms with Gasteiger partial charge >= 0.3 is 0 Å². The maximum absolute atomic E-state index is 12.4. The van der Waals surface area contributed by atoms with Crippen LogP contribution < -0.4 is 4.72 Å². The van der Waals surface area contributed by atoms with Crippen molar-refractivity contribution in [2.45, 2.75) is 31.9 Å². The SMILES string of the molecule is Cc1cccc(CNS(=O)(=O)c2cccc(CO)c2C)c1. The summed E-state index contributed by atoms with van der Waals surface area (Å²) in [5.74, 6) is 0. The molecule has 0 heterocycles. The highest BCUT2D eigenvalue weighted by atomic mass is 32.2. The lowest BCUT2D eigenvalue weighted by atomic mass is 10.1. The molecule has 0 bridgehead atoms. The molecule has 0 aromatic heterocycles. The normalized spacial score (nSPS) is 11.6. The summed E-state index contributed by atoms with van der Waals surface area (Å²) in [6.45, 7) is 3.74. The molecule has 0 atom stereocenters. The van der Waals surface area contributed by atoms with E-state index in [1.54, 1.807) is 25.1 Å². The lowest BCUT2D eigenvalue weighted by molar-refractivity contribution is 0.280. The van der Waals surface area contributed by atoms with E-state index in [0.29, 0.717) is 11.1 Å². The van der Waals surface area contributed by atoms with Gasteiger partial charge < -0.3 is 5.11 Å². The molecule has 0 saturated carbocycles. The van der Waals surface area contributed by atoms with Gasteiger partial charge in [0.15, 0.2) is 0 Å². The van der Waals surface area contributed by atoms with Crippen LogP contribution in [0.3, 0.4) is 0 Å². The third kappa shape index (κ3) is 3.69. The van der Waals surface area contributed by atoms with Crippen molar-refractivity contribution in [2.75, 3.05) is 0 Å². The first kappa shape index (κ1) is 15.7. The molecule has 0 spiro atoms. The van der Waals surface area contributed by atoms with Gasteiger partial charge in [-0.25, -0.2) is 13.1 Å². The highest BCUT2D eigenvalue weighted by molar-refractivity contribution is 7.89. The van der Waals surface area contributed by atoms with E-state index in [9.17, 15) is 13.5 Å². The summed E-state index contributed by atoms with van der Waals surface area (Å²) in [6.07, 6.45) is 0. The zero-order valence-corrected chi connectivity index (χ0v) is 12.9. The molecular weight excluding hydrogens is 286 g/mol. The molecule has 112 valence electrons. The van der Waals surface area contributed by atoms with Crippen LogP contribution in [0.4, 0.5) is 0 Å². The number of rotatable bonds is 5. The molecule has 0 saturated heterocycles. The van der Waals surface area contributed by atoms with Crippen LogP contribution in [0.1, 0.15) is 22.3 Å². The van der Waals surface area contributed by atoms with E-state index in [4.69, 9.17) is 0 Å². The average molecular weight is 305 g/mol. The number of hydrogen-bond acceptors (Lipinski definition) is 3. The first-order valence-corrected chi connectivity index (χ1v) is 8.17. The maximum atomic E-state index is 12.4. The number of benzene rings is 2. The molecule has 0 radical (unpaired) electrons. The van der Waals surface area contributed by atoms with E-state index in [2.05, 4.69) is 4.72 Å². The number of sulfonamides is 1. The molecule has 0 fully saturated rings. The average Bonchev–Trinajstić information content (AvgIpc) is 2.45. The predicted molar refractivity (Wildman–Crippen MR) is 82.3 cm³/mol. The number of aliphatic hydroxyl groups excluding tert-OH is 1. The molecule has 0 unspecified atom stereocenters. The smallest absolute Gasteiger partial charge is 0.241 e. The Hall–Kier alpha value is -1.69. The van der Waals surface area contributed by atoms with Gasteiger partial charge in [-0.2, -0.15) is 0 Å². The quantitative estimate of drug-likeness (QED) is 0.890. The molecule has 4 nitrogen and oxygen atoms in total. The van der Waals surface area contributed by atoms with Crippen molar-refractivity contribution in [3.05, 3.63) is 64.7 Å². The molecule has 21 heavy (non-hydrogen) atoms. The van der Waals surface area contributed by atoms with Crippen molar-refractivity contribution in [2.24, 2.45) is 0 Å². The molecule has 0 aliphatic carbocycles. The Balaban J connectivity index is 2.23. The summed E-state index contributed by atoms with van der Waals surface area (Å²) in [5, 5.41) is 9.23. The van der Waals surface area contributed by atoms with Crippen LogP contribution in [0.2, 0.25) is 0 Å². The minimum atomic E-state index is -3.60. The molecule has 2 N–H and O–H groups in total. The van der Waals surface area contributed by atoms with Gasteiger partial charge in [0, 0.05) is 6.54 Å². The van der Waals surface area contributed by atoms with Crippen LogP contribution in [0.5, 0.6) is 0 Å². The minimum absolute atomic E-state index is 0.174. The summed E-state index contributed by atoms with van der Waals surface area (Å²) in [6, 6.07) is 12.6. The Morgan fingerprint density at radius 1 is 1.10 bits per heavy atom. The molecule has 0 aliphatic rings. The summed E-state index contributed by atoms with van der Waals surface area (Å²) >= 11 is 0. The Morgan fingerprint density at radius 3 is 2.48 bits per heavy atom. The molecule has 0 aliphatic heterocycles. The van der Waals surface area contributed by atoms with E-state index in [0.717, 1.165) is 11.1 Å². The van der Waals surface area contributed by atoms with Crippen molar-refractivity contribution in [1.29, 1.82) is 0 Å². The Labute approximate surface area is 125 Å². The van der Waals surface area contributed by atoms with Crippen molar-refractivity contribution in [3.63, 3.8) is 0 Å². The topological polar surface area (TPSA) is 66.4 Å². The van der Waals surface area contributed by atoms with Crippen molar-refractivity contribution >= 4 is 10.0 Å². The van der Waals surface area contributed by atoms with Gasteiger partial charge in [0.2, 0.25) is 10.0 Å². The highest BCUT2D eigenvalue weighted by Crippen LogP contribution is 2.19. The minimum Gasteiger partial charge on any atom is -0.392 e. The van der Waals surface area contributed by atoms with E-state index in [1.165, 1.54) is 0 Å². The van der Waals surface area contributed by atoms with Gasteiger partial charge in [0.25, 0.3) is 0 Å². The largest absolute Gasteiger partial charge is 0.392 e. The monoisotopic (exact) mass is 305 g/mol. The first-order valence-electron chi connectivity index (χ1n) is 6.68. The van der Waals surface area contributed by atoms with Crippen LogP contribution in [0.15, 0.2) is 47.4 Å². The second kappa shape index (κ2) is 6.39. The fraction of sp³-hybridized carbons (Fsp3) is 0.250. The van der Waals surface area contributed by atoms with Crippen LogP contribution in [-0.4, -0.2) is 13.5 Å². The van der Waals surface area contributed by atoms with Crippen LogP contribution in [0.25, 0.3) is 0 Å². The van der Waals surface area contributed by atoms with Crippen LogP contribution in [-0.2, 0) is 23.2 Å². The fourth-order valence-electron chi connectivity index (χ4n) is 2.20. The zero-order chi connectivity index (χ0) is 15.5. The molecule has 2 aromatic rings. The maximum Gasteiger partial charge on any atom is 0.241 e. The summed E-state index contributed by atoms with van der Waals surface area (Å²) < 4.78 is 27.4. The number of aryl methyl sites for hydroxylation is 1. The molecule has 0 amide bonds. The van der Waals surface area contributed by atoms with E-state index in [-0.39, 0.29) is 18.0 Å². The van der Waals surface area contributed by atoms with E-state index >= 15 is 0 Å². The summed E-state index contributed by atoms with van der Waals surface area (Å²) in [5.41, 5.74) is 3.20. The number of aliphatic hydroxyl groups is 1. The third-order valence-corrected chi connectivity index (χ3v) is 4.95. The van der Waals surface area contributed by atoms with Gasteiger partial charge in [0.05, 0.1) is 11.5 Å². The number of nitrogens with one attached hydrogen (secondary N) is 1. The van der Waals surface area contributed by atoms with Gasteiger partial charge in [-0.15, -0.1) is 0 Å². The second-order valence-corrected chi connectivity index (χ2v) is 6.75. The van der Waals surface area contributed by atoms with Gasteiger partial charge in [-0.05, 0) is 36.6 Å². The zero-order valence-electron chi connectivity index (χ0n) is 12.1. The van der Waals surface area contributed by atoms with E-state index in [1.807, 2.05) is 31.2 Å². The molecule has 5 heteroatoms. The lowest BCUT2D eigenvalue weighted by Gasteiger charge is -2.12. The van der Waals surface area contributed by atoms with E-state index < -0.39 is 10.0 Å². The van der Waals surface area contributed by atoms with Gasteiger partial charge in [0.1, 0.15) is 0 Å². The summed E-state index contributed by atoms with van der Waals surface area (Å²) in [7, 11) is -3.60. The summed E-state index contributed by atoms with van der Waals surface area (Å²) in [4.78, 5) is 0.210. The van der Waals surface area contributed by atoms with Gasteiger partial charge in [-0.3, -0.25) is 0 Å². The Kier molecular flexibility index (Phi) is 4.77. The highest BCUT2D eigenvalue weighted by Gasteiger charge is 2.17. The Bertz CT molecular complexity index is 739. The molecule has 2 aromatic carbocycles. The van der Waals surface area contributed by atoms with Crippen LogP contribution in [0, 0.1) is 13.8 Å². The first-order chi connectivity index (χ1) is 9.94. The van der Waals surface area contributed by atoms with Crippen LogP contribution >= 0.6 is 0 Å². The molecule has 2 rings (SSSR count). The number of hydrogen-bond donors (Lipinski definition) is 2. The third-order valence-electron chi connectivity index (χ3n) is 3.40. The van der Waals surface area contributed by atoms with Crippen molar-refractivity contribution in [3.8, 4) is 0 Å². The molecular formula is C16H19NO3S. The van der Waals surface area contributed by atoms with Crippen molar-refractivity contribution in [1.82, 2.24) is 4.72 Å².